The number of rotatable bonds is 3. The minimum absolute atomic E-state index is 0.0857. The van der Waals surface area contributed by atoms with Gasteiger partial charge in [-0.1, -0.05) is 0 Å². The van der Waals surface area contributed by atoms with Crippen molar-refractivity contribution in [1.82, 2.24) is 10.2 Å². The molecule has 0 radical (unpaired) electrons. The second kappa shape index (κ2) is 6.23. The van der Waals surface area contributed by atoms with E-state index in [-0.39, 0.29) is 23.5 Å². The van der Waals surface area contributed by atoms with Crippen molar-refractivity contribution in [2.24, 2.45) is 11.3 Å². The van der Waals surface area contributed by atoms with Crippen LogP contribution in [0.15, 0.2) is 0 Å². The Balaban J connectivity index is 1.56. The molecule has 3 rings (SSSR count). The summed E-state index contributed by atoms with van der Waals surface area (Å²) < 4.78 is 5.78. The molecule has 1 saturated carbocycles. The van der Waals surface area contributed by atoms with Crippen LogP contribution in [0.3, 0.4) is 0 Å². The first-order valence-electron chi connectivity index (χ1n) is 8.46. The monoisotopic (exact) mass is 296 g/mol. The summed E-state index contributed by atoms with van der Waals surface area (Å²) in [4.78, 5) is 14.6. The van der Waals surface area contributed by atoms with Gasteiger partial charge in [-0.15, -0.1) is 0 Å². The Morgan fingerprint density at radius 2 is 2.19 bits per heavy atom. The Bertz CT molecular complexity index is 372. The summed E-state index contributed by atoms with van der Waals surface area (Å²) in [6.45, 7) is 6.12. The molecule has 1 amide bonds. The van der Waals surface area contributed by atoms with Gasteiger partial charge in [0.25, 0.3) is 0 Å². The topological polar surface area (TPSA) is 61.8 Å². The van der Waals surface area contributed by atoms with Crippen LogP contribution >= 0.6 is 0 Å². The minimum Gasteiger partial charge on any atom is -0.392 e. The van der Waals surface area contributed by atoms with Gasteiger partial charge in [0, 0.05) is 38.1 Å². The van der Waals surface area contributed by atoms with E-state index in [2.05, 4.69) is 5.32 Å². The summed E-state index contributed by atoms with van der Waals surface area (Å²) in [6, 6.07) is 0. The van der Waals surface area contributed by atoms with Crippen molar-refractivity contribution in [3.63, 3.8) is 0 Å². The molecule has 21 heavy (non-hydrogen) atoms. The zero-order valence-corrected chi connectivity index (χ0v) is 13.0. The smallest absolute Gasteiger partial charge is 0.226 e. The number of aliphatic hydroxyl groups is 1. The number of hydrogen-bond donors (Lipinski definition) is 2. The quantitative estimate of drug-likeness (QED) is 0.807. The number of piperidine rings is 2. The summed E-state index contributed by atoms with van der Waals surface area (Å²) >= 11 is 0. The third kappa shape index (κ3) is 2.71. The van der Waals surface area contributed by atoms with Gasteiger partial charge in [-0.3, -0.25) is 4.79 Å². The number of carbonyl (C=O) groups is 1. The lowest BCUT2D eigenvalue weighted by Gasteiger charge is -2.56. The zero-order chi connectivity index (χ0) is 14.9. The van der Waals surface area contributed by atoms with Crippen molar-refractivity contribution in [3.8, 4) is 0 Å². The summed E-state index contributed by atoms with van der Waals surface area (Å²) in [6.07, 6.45) is 4.56. The number of nitrogens with zero attached hydrogens (tertiary/aromatic N) is 1. The van der Waals surface area contributed by atoms with E-state index in [1.165, 1.54) is 0 Å². The normalized spacial score (nSPS) is 35.5. The lowest BCUT2D eigenvalue weighted by Crippen LogP contribution is -2.63. The molecule has 3 fully saturated rings. The predicted molar refractivity (Wildman–Crippen MR) is 79.9 cm³/mol. The van der Waals surface area contributed by atoms with Crippen molar-refractivity contribution in [3.05, 3.63) is 0 Å². The van der Waals surface area contributed by atoms with Gasteiger partial charge < -0.3 is 20.1 Å². The lowest BCUT2D eigenvalue weighted by atomic mass is 9.58. The van der Waals surface area contributed by atoms with E-state index in [4.69, 9.17) is 4.74 Å². The molecule has 5 heteroatoms. The molecule has 120 valence electrons. The van der Waals surface area contributed by atoms with Gasteiger partial charge in [-0.2, -0.15) is 0 Å². The number of aliphatic hydroxyl groups excluding tert-OH is 1. The van der Waals surface area contributed by atoms with Crippen LogP contribution in [0.25, 0.3) is 0 Å². The highest BCUT2D eigenvalue weighted by atomic mass is 16.5. The number of amides is 1. The first-order valence-corrected chi connectivity index (χ1v) is 8.46. The fraction of sp³-hybridized carbons (Fsp3) is 0.938. The van der Waals surface area contributed by atoms with Gasteiger partial charge >= 0.3 is 0 Å². The number of ether oxygens (including phenoxy) is 1. The maximum Gasteiger partial charge on any atom is 0.226 e. The summed E-state index contributed by atoms with van der Waals surface area (Å²) in [5.74, 6) is 0.459. The summed E-state index contributed by atoms with van der Waals surface area (Å²) in [7, 11) is 0. The van der Waals surface area contributed by atoms with Crippen molar-refractivity contribution in [2.45, 2.75) is 51.2 Å². The van der Waals surface area contributed by atoms with E-state index in [0.29, 0.717) is 12.5 Å². The van der Waals surface area contributed by atoms with E-state index >= 15 is 0 Å². The Labute approximate surface area is 127 Å². The van der Waals surface area contributed by atoms with E-state index in [1.54, 1.807) is 0 Å². The summed E-state index contributed by atoms with van der Waals surface area (Å²) in [5, 5.41) is 13.5. The van der Waals surface area contributed by atoms with E-state index in [9.17, 15) is 9.90 Å². The molecule has 3 atom stereocenters. The van der Waals surface area contributed by atoms with Gasteiger partial charge in [0.1, 0.15) is 0 Å². The van der Waals surface area contributed by atoms with Crippen LogP contribution in [0.4, 0.5) is 0 Å². The lowest BCUT2D eigenvalue weighted by molar-refractivity contribution is -0.210. The van der Waals surface area contributed by atoms with Crippen molar-refractivity contribution >= 4 is 5.91 Å². The predicted octanol–water partition coefficient (Wildman–Crippen LogP) is 0.764. The third-order valence-electron chi connectivity index (χ3n) is 5.76. The van der Waals surface area contributed by atoms with E-state index in [0.717, 1.165) is 58.3 Å². The highest BCUT2D eigenvalue weighted by molar-refractivity contribution is 5.79. The first kappa shape index (κ1) is 15.3. The second-order valence-corrected chi connectivity index (χ2v) is 6.80. The van der Waals surface area contributed by atoms with Gasteiger partial charge in [0.05, 0.1) is 18.1 Å². The average molecular weight is 296 g/mol. The molecule has 0 aromatic rings. The van der Waals surface area contributed by atoms with Gasteiger partial charge in [0.15, 0.2) is 0 Å². The SMILES string of the molecule is CCO[C@@H]1C[C@H](O)C12CCN(C(=O)[C@H]1CCCNC1)CC2. The van der Waals surface area contributed by atoms with Crippen LogP contribution in [0.5, 0.6) is 0 Å². The third-order valence-corrected chi connectivity index (χ3v) is 5.76. The number of nitrogens with one attached hydrogen (secondary N) is 1. The summed E-state index contributed by atoms with van der Waals surface area (Å²) in [5.41, 5.74) is -0.0857. The number of likely N-dealkylation sites (tertiary alicyclic amines) is 1. The number of carbonyl (C=O) groups excluding carboxylic acids is 1. The fourth-order valence-electron chi connectivity index (χ4n) is 4.28. The molecule has 0 aromatic carbocycles. The molecule has 1 spiro atoms. The average Bonchev–Trinajstić information content (AvgIpc) is 2.55. The Morgan fingerprint density at radius 1 is 1.43 bits per heavy atom. The molecule has 0 bridgehead atoms. The van der Waals surface area contributed by atoms with Crippen molar-refractivity contribution in [2.75, 3.05) is 32.8 Å². The molecular weight excluding hydrogens is 268 g/mol. The number of hydrogen-bond acceptors (Lipinski definition) is 4. The Kier molecular flexibility index (Phi) is 4.52. The molecule has 0 unspecified atom stereocenters. The van der Waals surface area contributed by atoms with Gasteiger partial charge in [-0.25, -0.2) is 0 Å². The van der Waals surface area contributed by atoms with Gasteiger partial charge in [-0.05, 0) is 39.2 Å². The standard InChI is InChI=1S/C16H28N2O3/c1-2-21-14-10-13(19)16(14)5-8-18(9-6-16)15(20)12-4-3-7-17-11-12/h12-14,17,19H,2-11H2,1H3/t12-,13-,14+/m0/s1. The van der Waals surface area contributed by atoms with Gasteiger partial charge in [0.2, 0.25) is 5.91 Å². The molecule has 2 N–H and O–H groups in total. The van der Waals surface area contributed by atoms with Crippen LogP contribution in [0.1, 0.15) is 39.0 Å². The zero-order valence-electron chi connectivity index (χ0n) is 13.0. The van der Waals surface area contributed by atoms with Crippen molar-refractivity contribution < 1.29 is 14.6 Å². The highest BCUT2D eigenvalue weighted by Crippen LogP contribution is 2.51. The molecular formula is C16H28N2O3. The van der Waals surface area contributed by atoms with Crippen LogP contribution in [-0.2, 0) is 9.53 Å². The minimum atomic E-state index is -0.248. The van der Waals surface area contributed by atoms with E-state index in [1.807, 2.05) is 11.8 Å². The molecule has 5 nitrogen and oxygen atoms in total. The van der Waals surface area contributed by atoms with E-state index < -0.39 is 0 Å². The largest absolute Gasteiger partial charge is 0.392 e. The molecule has 2 heterocycles. The van der Waals surface area contributed by atoms with Crippen LogP contribution < -0.4 is 5.32 Å². The molecule has 3 aliphatic rings. The Morgan fingerprint density at radius 3 is 2.76 bits per heavy atom. The highest BCUT2D eigenvalue weighted by Gasteiger charge is 2.56. The maximum atomic E-state index is 12.6. The van der Waals surface area contributed by atoms with Crippen LogP contribution in [-0.4, -0.2) is 60.9 Å². The van der Waals surface area contributed by atoms with Crippen LogP contribution in [0.2, 0.25) is 0 Å². The second-order valence-electron chi connectivity index (χ2n) is 6.80. The van der Waals surface area contributed by atoms with Crippen molar-refractivity contribution in [1.29, 1.82) is 0 Å². The first-order chi connectivity index (χ1) is 10.2. The molecule has 2 saturated heterocycles. The Hall–Kier alpha value is -0.650. The fourth-order valence-corrected chi connectivity index (χ4v) is 4.28. The van der Waals surface area contributed by atoms with Crippen LogP contribution in [0, 0.1) is 11.3 Å². The maximum absolute atomic E-state index is 12.6. The molecule has 0 aromatic heterocycles. The molecule has 1 aliphatic carbocycles. The molecule has 2 aliphatic heterocycles.